The van der Waals surface area contributed by atoms with E-state index in [1.165, 1.54) is 6.92 Å². The minimum Gasteiger partial charge on any atom is -0.496 e. The molecule has 0 saturated carbocycles. The fourth-order valence-corrected chi connectivity index (χ4v) is 8.02. The molecule has 4 aromatic carbocycles. The van der Waals surface area contributed by atoms with Gasteiger partial charge in [-0.05, 0) is 89.9 Å². The minimum absolute atomic E-state index is 0.0384. The fraction of sp³-hybridized carbons (Fsp3) is 0.405. The van der Waals surface area contributed by atoms with Gasteiger partial charge in [0.25, 0.3) is 0 Å². The molecule has 2 amide bonds. The fourth-order valence-electron chi connectivity index (χ4n) is 8.02. The highest BCUT2D eigenvalue weighted by molar-refractivity contribution is 5.93. The summed E-state index contributed by atoms with van der Waals surface area (Å²) in [5, 5.41) is 8.54. The molecule has 1 unspecified atom stereocenters. The Morgan fingerprint density at radius 3 is 2.25 bits per heavy atom. The summed E-state index contributed by atoms with van der Waals surface area (Å²) in [6.45, 7) is 6.26. The van der Waals surface area contributed by atoms with Gasteiger partial charge in [-0.3, -0.25) is 14.4 Å². The van der Waals surface area contributed by atoms with Crippen LogP contribution < -0.4 is 35.0 Å². The third-order valence-electron chi connectivity index (χ3n) is 10.3. The van der Waals surface area contributed by atoms with Crippen molar-refractivity contribution >= 4 is 28.3 Å². The molecule has 6 rings (SSSR count). The van der Waals surface area contributed by atoms with Crippen molar-refractivity contribution in [3.05, 3.63) is 87.6 Å². The number of anilines is 1. The van der Waals surface area contributed by atoms with Gasteiger partial charge in [0.2, 0.25) is 23.0 Å². The molecule has 274 valence electrons. The Morgan fingerprint density at radius 1 is 0.846 bits per heavy atom. The van der Waals surface area contributed by atoms with E-state index in [-0.39, 0.29) is 29.2 Å². The van der Waals surface area contributed by atoms with Crippen molar-refractivity contribution in [2.24, 2.45) is 5.92 Å². The van der Waals surface area contributed by atoms with Crippen LogP contribution in [0.3, 0.4) is 0 Å². The molecule has 2 aliphatic rings. The summed E-state index contributed by atoms with van der Waals surface area (Å²) in [4.78, 5) is 43.2. The topological polar surface area (TPSA) is 115 Å². The third kappa shape index (κ3) is 6.98. The molecule has 3 atom stereocenters. The number of ether oxygens (including phenoxy) is 4. The van der Waals surface area contributed by atoms with Crippen LogP contribution in [0.4, 0.5) is 5.69 Å². The zero-order valence-electron chi connectivity index (χ0n) is 31.1. The molecule has 2 N–H and O–H groups in total. The van der Waals surface area contributed by atoms with Gasteiger partial charge in [0.1, 0.15) is 11.8 Å². The average molecular weight is 708 g/mol. The van der Waals surface area contributed by atoms with Crippen molar-refractivity contribution in [1.29, 1.82) is 0 Å². The van der Waals surface area contributed by atoms with Gasteiger partial charge < -0.3 is 34.5 Å². The van der Waals surface area contributed by atoms with Crippen LogP contribution in [-0.2, 0) is 16.0 Å². The number of nitrogens with one attached hydrogen (secondary N) is 2. The number of rotatable bonds is 11. The Hall–Kier alpha value is -5.25. The molecule has 4 aromatic rings. The predicted octanol–water partition coefficient (Wildman–Crippen LogP) is 7.22. The van der Waals surface area contributed by atoms with Crippen LogP contribution in [0.5, 0.6) is 23.0 Å². The second-order valence-corrected chi connectivity index (χ2v) is 14.0. The van der Waals surface area contributed by atoms with Crippen LogP contribution >= 0.6 is 0 Å². The van der Waals surface area contributed by atoms with Crippen molar-refractivity contribution in [2.45, 2.75) is 71.0 Å². The first-order valence-electron chi connectivity index (χ1n) is 18.0. The normalized spacial score (nSPS) is 17.1. The zero-order valence-corrected chi connectivity index (χ0v) is 31.1. The number of carbonyl (C=O) groups is 2. The Labute approximate surface area is 305 Å². The Kier molecular flexibility index (Phi) is 10.9. The second kappa shape index (κ2) is 15.6. The molecule has 1 aliphatic heterocycles. The summed E-state index contributed by atoms with van der Waals surface area (Å²) in [5.74, 6) is 2.18. The van der Waals surface area contributed by atoms with Crippen LogP contribution in [0.15, 0.2) is 65.5 Å². The Morgan fingerprint density at radius 2 is 1.58 bits per heavy atom. The number of aryl methyl sites for hydroxylation is 1. The van der Waals surface area contributed by atoms with E-state index in [4.69, 9.17) is 18.9 Å². The highest BCUT2D eigenvalue weighted by Crippen LogP contribution is 2.50. The maximum absolute atomic E-state index is 14.6. The first-order chi connectivity index (χ1) is 25.1. The van der Waals surface area contributed by atoms with Crippen molar-refractivity contribution in [3.8, 4) is 34.1 Å². The highest BCUT2D eigenvalue weighted by atomic mass is 16.5. The molecule has 1 aliphatic carbocycles. The molecular formula is C42H49N3O7. The van der Waals surface area contributed by atoms with E-state index >= 15 is 0 Å². The molecule has 1 heterocycles. The Bertz CT molecular complexity index is 2050. The van der Waals surface area contributed by atoms with Crippen LogP contribution in [0.2, 0.25) is 0 Å². The van der Waals surface area contributed by atoms with E-state index in [1.54, 1.807) is 40.6 Å². The average Bonchev–Trinajstić information content (AvgIpc) is 3.51. The van der Waals surface area contributed by atoms with E-state index in [9.17, 15) is 14.4 Å². The lowest BCUT2D eigenvalue weighted by Gasteiger charge is -2.31. The van der Waals surface area contributed by atoms with Gasteiger partial charge in [-0.1, -0.05) is 50.2 Å². The smallest absolute Gasteiger partial charge is 0.245 e. The van der Waals surface area contributed by atoms with Gasteiger partial charge in [0, 0.05) is 24.4 Å². The van der Waals surface area contributed by atoms with Crippen LogP contribution in [0, 0.1) is 5.92 Å². The van der Waals surface area contributed by atoms with E-state index < -0.39 is 12.1 Å². The maximum Gasteiger partial charge on any atom is 0.245 e. The summed E-state index contributed by atoms with van der Waals surface area (Å²) in [7, 11) is 6.38. The SMILES string of the molecule is COc1cc2c(c(OC)c1OC)-c1ccc(N[C@H](CC(C)C)C(=O)N3CCCC3c3ccc(OC)c4ccccc34)c(=O)cc1[C@H](NC(C)=O)CC2. The van der Waals surface area contributed by atoms with E-state index in [0.717, 1.165) is 51.6 Å². The molecular weight excluding hydrogens is 658 g/mol. The van der Waals surface area contributed by atoms with Gasteiger partial charge in [-0.2, -0.15) is 0 Å². The lowest BCUT2D eigenvalue weighted by molar-refractivity contribution is -0.133. The predicted molar refractivity (Wildman–Crippen MR) is 204 cm³/mol. The first-order valence-corrected chi connectivity index (χ1v) is 18.0. The summed E-state index contributed by atoms with van der Waals surface area (Å²) in [6, 6.07) is 18.1. The molecule has 0 radical (unpaired) electrons. The molecule has 1 saturated heterocycles. The third-order valence-corrected chi connectivity index (χ3v) is 10.3. The lowest BCUT2D eigenvalue weighted by Crippen LogP contribution is -2.44. The number of benzene rings is 3. The summed E-state index contributed by atoms with van der Waals surface area (Å²) in [6.07, 6.45) is 3.40. The summed E-state index contributed by atoms with van der Waals surface area (Å²) >= 11 is 0. The monoisotopic (exact) mass is 707 g/mol. The van der Waals surface area contributed by atoms with Gasteiger partial charge >= 0.3 is 0 Å². The van der Waals surface area contributed by atoms with Gasteiger partial charge in [0.15, 0.2) is 11.5 Å². The second-order valence-electron chi connectivity index (χ2n) is 14.0. The molecule has 10 nitrogen and oxygen atoms in total. The zero-order chi connectivity index (χ0) is 37.1. The number of methoxy groups -OCH3 is 4. The van der Waals surface area contributed by atoms with E-state index in [2.05, 4.69) is 36.6 Å². The summed E-state index contributed by atoms with van der Waals surface area (Å²) in [5.41, 5.74) is 4.22. The van der Waals surface area contributed by atoms with Crippen LogP contribution in [0.1, 0.15) is 75.2 Å². The molecule has 10 heteroatoms. The molecule has 0 aromatic heterocycles. The van der Waals surface area contributed by atoms with Crippen molar-refractivity contribution in [1.82, 2.24) is 10.2 Å². The highest BCUT2D eigenvalue weighted by Gasteiger charge is 2.36. The quantitative estimate of drug-likeness (QED) is 0.168. The number of hydrogen-bond donors (Lipinski definition) is 2. The number of nitrogens with zero attached hydrogens (tertiary/aromatic N) is 1. The van der Waals surface area contributed by atoms with Crippen molar-refractivity contribution in [2.75, 3.05) is 40.3 Å². The number of amides is 2. The Balaban J connectivity index is 1.42. The number of fused-ring (bicyclic) bond motifs is 4. The van der Waals surface area contributed by atoms with Crippen molar-refractivity contribution in [3.63, 3.8) is 0 Å². The number of carbonyl (C=O) groups excluding carboxylic acids is 2. The van der Waals surface area contributed by atoms with Gasteiger partial charge in [0.05, 0.1) is 46.2 Å². The largest absolute Gasteiger partial charge is 0.496 e. The van der Waals surface area contributed by atoms with Crippen LogP contribution in [-0.4, -0.2) is 57.7 Å². The number of hydrogen-bond acceptors (Lipinski definition) is 8. The standard InChI is InChI=1S/C42H49N3O7/c1-24(2)21-34(42(48)45-20-10-13-35(45)28-16-19-37(49-4)29-12-9-8-11-27(28)29)44-33-18-15-30-31(23-36(33)47)32(43-25(3)46)17-14-26-22-38(50-5)40(51-6)41(52-7)39(26)30/h8-9,11-12,15-16,18-19,22-24,32,34-35H,10,13-14,17,20-21H2,1-7H3,(H,43,46)(H,44,47)/t32-,34-,35?/m1/s1. The number of likely N-dealkylation sites (tertiary alicyclic amines) is 1. The molecule has 0 bridgehead atoms. The first kappa shape index (κ1) is 36.5. The van der Waals surface area contributed by atoms with Gasteiger partial charge in [-0.25, -0.2) is 0 Å². The van der Waals surface area contributed by atoms with Crippen LogP contribution in [0.25, 0.3) is 21.9 Å². The van der Waals surface area contributed by atoms with Crippen molar-refractivity contribution < 1.29 is 28.5 Å². The lowest BCUT2D eigenvalue weighted by atomic mass is 9.95. The maximum atomic E-state index is 14.6. The van der Waals surface area contributed by atoms with E-state index in [1.807, 2.05) is 41.3 Å². The molecule has 52 heavy (non-hydrogen) atoms. The molecule has 0 spiro atoms. The summed E-state index contributed by atoms with van der Waals surface area (Å²) < 4.78 is 23.0. The van der Waals surface area contributed by atoms with Gasteiger partial charge in [-0.15, -0.1) is 0 Å². The molecule has 1 fully saturated rings. The minimum atomic E-state index is -0.641. The van der Waals surface area contributed by atoms with E-state index in [0.29, 0.717) is 54.3 Å².